The van der Waals surface area contributed by atoms with Crippen molar-refractivity contribution in [3.8, 4) is 11.5 Å². The minimum absolute atomic E-state index is 0.0920. The maximum atomic E-state index is 13.1. The van der Waals surface area contributed by atoms with E-state index in [0.29, 0.717) is 12.8 Å². The summed E-state index contributed by atoms with van der Waals surface area (Å²) in [4.78, 5) is 37.1. The van der Waals surface area contributed by atoms with Gasteiger partial charge in [0.2, 0.25) is 0 Å². The highest BCUT2D eigenvalue weighted by atomic mass is 16.5. The van der Waals surface area contributed by atoms with Gasteiger partial charge in [0.15, 0.2) is 11.4 Å². The van der Waals surface area contributed by atoms with Gasteiger partial charge in [-0.2, -0.15) is 0 Å². The van der Waals surface area contributed by atoms with Crippen LogP contribution in [0.3, 0.4) is 0 Å². The highest BCUT2D eigenvalue weighted by Gasteiger charge is 2.30. The molecule has 1 aromatic carbocycles. The number of benzene rings is 1. The standard InChI is InChI=1S/C24H30O7/c1-7-13(5)21(27)20-23(29)15(10-9-12(3)4)22(28)19-16(11-18(26)31-24(19)20)17(8-2)30-14(6)25/h9,11,13,17,28-29H,7-8,10H2,1-6H3/t13-,17+/m1/s1. The zero-order chi connectivity index (χ0) is 23.5. The molecule has 0 aliphatic rings. The first kappa shape index (κ1) is 24.2. The van der Waals surface area contributed by atoms with Crippen molar-refractivity contribution in [1.82, 2.24) is 0 Å². The highest BCUT2D eigenvalue weighted by molar-refractivity contribution is 6.12. The van der Waals surface area contributed by atoms with Crippen LogP contribution in [0, 0.1) is 5.92 Å². The molecule has 2 atom stereocenters. The number of ketones is 1. The molecule has 0 radical (unpaired) electrons. The third-order valence-corrected chi connectivity index (χ3v) is 5.31. The van der Waals surface area contributed by atoms with Gasteiger partial charge < -0.3 is 19.4 Å². The third-order valence-electron chi connectivity index (χ3n) is 5.31. The molecule has 1 heterocycles. The molecule has 0 spiro atoms. The number of ether oxygens (including phenoxy) is 1. The molecule has 2 aromatic rings. The second-order valence-corrected chi connectivity index (χ2v) is 7.94. The Morgan fingerprint density at radius 2 is 1.77 bits per heavy atom. The SMILES string of the molecule is CC[C@@H](C)C(=O)c1c(O)c(CC=C(C)C)c(O)c2c([C@H](CC)OC(C)=O)cc(=O)oc12. The van der Waals surface area contributed by atoms with Gasteiger partial charge in [-0.1, -0.05) is 32.4 Å². The van der Waals surface area contributed by atoms with Gasteiger partial charge >= 0.3 is 11.6 Å². The molecule has 0 bridgehead atoms. The maximum absolute atomic E-state index is 13.1. The second-order valence-electron chi connectivity index (χ2n) is 7.94. The lowest BCUT2D eigenvalue weighted by Gasteiger charge is -2.21. The Hall–Kier alpha value is -3.09. The Kier molecular flexibility index (Phi) is 7.65. The van der Waals surface area contributed by atoms with E-state index in [1.54, 1.807) is 19.9 Å². The fourth-order valence-electron chi connectivity index (χ4n) is 3.43. The quantitative estimate of drug-likeness (QED) is 0.263. The van der Waals surface area contributed by atoms with E-state index in [2.05, 4.69) is 0 Å². The zero-order valence-corrected chi connectivity index (χ0v) is 18.9. The van der Waals surface area contributed by atoms with E-state index in [9.17, 15) is 24.6 Å². The summed E-state index contributed by atoms with van der Waals surface area (Å²) in [5, 5.41) is 22.1. The van der Waals surface area contributed by atoms with Crippen molar-refractivity contribution in [2.45, 2.75) is 66.9 Å². The Morgan fingerprint density at radius 3 is 2.29 bits per heavy atom. The number of hydrogen-bond acceptors (Lipinski definition) is 7. The van der Waals surface area contributed by atoms with E-state index >= 15 is 0 Å². The topological polar surface area (TPSA) is 114 Å². The fourth-order valence-corrected chi connectivity index (χ4v) is 3.43. The van der Waals surface area contributed by atoms with Gasteiger partial charge in [0.25, 0.3) is 0 Å². The molecular weight excluding hydrogens is 400 g/mol. The van der Waals surface area contributed by atoms with Crippen LogP contribution in [0.25, 0.3) is 11.0 Å². The van der Waals surface area contributed by atoms with Crippen molar-refractivity contribution in [3.63, 3.8) is 0 Å². The summed E-state index contributed by atoms with van der Waals surface area (Å²) in [6.45, 7) is 10.3. The average molecular weight is 430 g/mol. The molecule has 2 N–H and O–H groups in total. The summed E-state index contributed by atoms with van der Waals surface area (Å²) in [7, 11) is 0. The van der Waals surface area contributed by atoms with E-state index in [4.69, 9.17) is 9.15 Å². The van der Waals surface area contributed by atoms with Crippen LogP contribution in [0.5, 0.6) is 11.5 Å². The molecule has 0 amide bonds. The molecule has 2 rings (SSSR count). The summed E-state index contributed by atoms with van der Waals surface area (Å²) < 4.78 is 10.7. The van der Waals surface area contributed by atoms with Gasteiger partial charge in [0.1, 0.15) is 23.2 Å². The molecule has 7 heteroatoms. The van der Waals surface area contributed by atoms with Gasteiger partial charge in [-0.3, -0.25) is 9.59 Å². The number of phenolic OH excluding ortho intramolecular Hbond substituents is 2. The van der Waals surface area contributed by atoms with Crippen molar-refractivity contribution in [3.05, 3.63) is 44.8 Å². The van der Waals surface area contributed by atoms with Gasteiger partial charge in [0.05, 0.1) is 5.39 Å². The summed E-state index contributed by atoms with van der Waals surface area (Å²) in [5.41, 5.74) is 0.221. The molecule has 0 saturated heterocycles. The van der Waals surface area contributed by atoms with E-state index in [1.165, 1.54) is 6.92 Å². The minimum atomic E-state index is -0.831. The van der Waals surface area contributed by atoms with E-state index in [-0.39, 0.29) is 39.8 Å². The number of Topliss-reactive ketones (excluding diaryl/α,β-unsaturated/α-hetero) is 1. The number of phenols is 2. The number of carbonyl (C=O) groups excluding carboxylic acids is 2. The van der Waals surface area contributed by atoms with Gasteiger partial charge in [0, 0.05) is 30.0 Å². The normalized spacial score (nSPS) is 13.0. The lowest BCUT2D eigenvalue weighted by atomic mass is 9.89. The van der Waals surface area contributed by atoms with Crippen molar-refractivity contribution in [1.29, 1.82) is 0 Å². The molecule has 168 valence electrons. The summed E-state index contributed by atoms with van der Waals surface area (Å²) in [5.74, 6) is -2.11. The predicted molar refractivity (Wildman–Crippen MR) is 118 cm³/mol. The molecular formula is C24H30O7. The lowest BCUT2D eigenvalue weighted by molar-refractivity contribution is -0.146. The summed E-state index contributed by atoms with van der Waals surface area (Å²) in [6, 6.07) is 1.15. The Balaban J connectivity index is 3.04. The van der Waals surface area contributed by atoms with Crippen LogP contribution in [0.1, 0.15) is 82.0 Å². The number of carbonyl (C=O) groups is 2. The van der Waals surface area contributed by atoms with Crippen LogP contribution in [0.4, 0.5) is 0 Å². The first-order valence-electron chi connectivity index (χ1n) is 10.4. The second kappa shape index (κ2) is 9.81. The first-order valence-corrected chi connectivity index (χ1v) is 10.4. The van der Waals surface area contributed by atoms with Crippen LogP contribution in [0.2, 0.25) is 0 Å². The number of aromatic hydroxyl groups is 2. The molecule has 7 nitrogen and oxygen atoms in total. The van der Waals surface area contributed by atoms with Gasteiger partial charge in [-0.25, -0.2) is 4.79 Å². The Bertz CT molecular complexity index is 1090. The molecule has 0 aliphatic carbocycles. The van der Waals surface area contributed by atoms with Crippen molar-refractivity contribution in [2.24, 2.45) is 5.92 Å². The molecule has 0 aliphatic heterocycles. The largest absolute Gasteiger partial charge is 0.507 e. The number of hydrogen-bond donors (Lipinski definition) is 2. The van der Waals surface area contributed by atoms with Gasteiger partial charge in [-0.05, 0) is 33.1 Å². The van der Waals surface area contributed by atoms with E-state index < -0.39 is 35.1 Å². The van der Waals surface area contributed by atoms with Crippen molar-refractivity contribution in [2.75, 3.05) is 0 Å². The molecule has 31 heavy (non-hydrogen) atoms. The minimum Gasteiger partial charge on any atom is -0.507 e. The van der Waals surface area contributed by atoms with E-state index in [1.807, 2.05) is 20.8 Å². The molecule has 0 unspecified atom stereocenters. The van der Waals surface area contributed by atoms with Crippen molar-refractivity contribution < 1.29 is 29.0 Å². The Morgan fingerprint density at radius 1 is 1.13 bits per heavy atom. The first-order chi connectivity index (χ1) is 14.5. The van der Waals surface area contributed by atoms with Crippen LogP contribution in [-0.4, -0.2) is 22.0 Å². The fraction of sp³-hybridized carbons (Fsp3) is 0.458. The molecule has 0 fully saturated rings. The van der Waals surface area contributed by atoms with Gasteiger partial charge in [-0.15, -0.1) is 0 Å². The van der Waals surface area contributed by atoms with Crippen molar-refractivity contribution >= 4 is 22.7 Å². The summed E-state index contributed by atoms with van der Waals surface area (Å²) in [6.07, 6.45) is 1.98. The average Bonchev–Trinajstić information content (AvgIpc) is 2.69. The number of allylic oxidation sites excluding steroid dienone is 2. The molecule has 0 saturated carbocycles. The number of fused-ring (bicyclic) bond motifs is 1. The van der Waals surface area contributed by atoms with Crippen LogP contribution in [0.15, 0.2) is 26.9 Å². The lowest BCUT2D eigenvalue weighted by Crippen LogP contribution is -2.16. The zero-order valence-electron chi connectivity index (χ0n) is 18.9. The Labute approximate surface area is 181 Å². The highest BCUT2D eigenvalue weighted by Crippen LogP contribution is 2.44. The van der Waals surface area contributed by atoms with Crippen LogP contribution >= 0.6 is 0 Å². The van der Waals surface area contributed by atoms with Crippen LogP contribution < -0.4 is 5.63 Å². The smallest absolute Gasteiger partial charge is 0.336 e. The summed E-state index contributed by atoms with van der Waals surface area (Å²) >= 11 is 0. The molecule has 1 aromatic heterocycles. The maximum Gasteiger partial charge on any atom is 0.336 e. The number of rotatable bonds is 8. The number of esters is 1. The third kappa shape index (κ3) is 4.98. The predicted octanol–water partition coefficient (Wildman–Crippen LogP) is 4.96. The monoisotopic (exact) mass is 430 g/mol. The van der Waals surface area contributed by atoms with E-state index in [0.717, 1.165) is 11.6 Å². The van der Waals surface area contributed by atoms with Crippen LogP contribution in [-0.2, 0) is 16.0 Å².